The minimum atomic E-state index is -0.164. The zero-order valence-corrected chi connectivity index (χ0v) is 21.4. The van der Waals surface area contributed by atoms with Crippen molar-refractivity contribution in [3.63, 3.8) is 0 Å². The second kappa shape index (κ2) is 8.75. The van der Waals surface area contributed by atoms with Gasteiger partial charge in [0.15, 0.2) is 0 Å². The molecule has 0 amide bonds. The lowest BCUT2D eigenvalue weighted by molar-refractivity contribution is 0.933. The van der Waals surface area contributed by atoms with Gasteiger partial charge in [0, 0.05) is 21.9 Å². The monoisotopic (exact) mass is 514 g/mol. The van der Waals surface area contributed by atoms with Crippen molar-refractivity contribution >= 4 is 38.4 Å². The summed E-state index contributed by atoms with van der Waals surface area (Å²) in [7, 11) is 0. The predicted molar refractivity (Wildman–Crippen MR) is 162 cm³/mol. The van der Waals surface area contributed by atoms with E-state index < -0.39 is 0 Å². The third-order valence-electron chi connectivity index (χ3n) is 7.55. The highest BCUT2D eigenvalue weighted by atomic mass is 16.1. The van der Waals surface area contributed by atoms with E-state index >= 15 is 0 Å². The average Bonchev–Trinajstić information content (AvgIpc) is 3.38. The minimum Gasteiger partial charge on any atom is -0.302 e. The average molecular weight is 515 g/mol. The lowest BCUT2D eigenvalue weighted by atomic mass is 10.0. The van der Waals surface area contributed by atoms with Crippen LogP contribution in [0.25, 0.3) is 66.7 Å². The van der Waals surface area contributed by atoms with Gasteiger partial charge in [-0.1, -0.05) is 109 Å². The fourth-order valence-corrected chi connectivity index (χ4v) is 5.83. The first-order valence-electron chi connectivity index (χ1n) is 13.2. The molecule has 0 saturated carbocycles. The maximum Gasteiger partial charge on any atom is 0.282 e. The molecule has 8 rings (SSSR count). The van der Waals surface area contributed by atoms with Crippen molar-refractivity contribution in [1.82, 2.24) is 18.9 Å². The van der Waals surface area contributed by atoms with Crippen LogP contribution in [0.4, 0.5) is 0 Å². The Labute approximate surface area is 229 Å². The highest BCUT2D eigenvalue weighted by Gasteiger charge is 2.23. The standard InChI is InChI=1S/C35H22N4O/c40-34-33-31(23-13-3-1-4-14-23)26-18-8-10-20-28(26)38(33)29-21-11-12-22-30(29)39(34)35-36-27-19-9-7-17-25(27)32(37-35)24-15-5-2-6-16-24/h1-22H. The largest absolute Gasteiger partial charge is 0.302 e. The number of hydrogen-bond acceptors (Lipinski definition) is 3. The topological polar surface area (TPSA) is 52.2 Å². The summed E-state index contributed by atoms with van der Waals surface area (Å²) < 4.78 is 3.76. The molecule has 0 aliphatic rings. The second-order valence-corrected chi connectivity index (χ2v) is 9.83. The highest BCUT2D eigenvalue weighted by molar-refractivity contribution is 6.08. The molecule has 8 aromatic rings. The third kappa shape index (κ3) is 3.25. The Bertz CT molecular complexity index is 2280. The Morgan fingerprint density at radius 3 is 1.82 bits per heavy atom. The maximum atomic E-state index is 14.8. The molecule has 188 valence electrons. The van der Waals surface area contributed by atoms with Gasteiger partial charge in [-0.3, -0.25) is 4.79 Å². The van der Waals surface area contributed by atoms with Crippen LogP contribution in [0.3, 0.4) is 0 Å². The van der Waals surface area contributed by atoms with Gasteiger partial charge in [0.1, 0.15) is 5.52 Å². The molecule has 0 aliphatic carbocycles. The van der Waals surface area contributed by atoms with E-state index in [-0.39, 0.29) is 5.56 Å². The van der Waals surface area contributed by atoms with Crippen LogP contribution >= 0.6 is 0 Å². The smallest absolute Gasteiger partial charge is 0.282 e. The van der Waals surface area contributed by atoms with E-state index in [4.69, 9.17) is 9.97 Å². The van der Waals surface area contributed by atoms with Crippen molar-refractivity contribution in [3.8, 4) is 28.3 Å². The zero-order valence-electron chi connectivity index (χ0n) is 21.4. The lowest BCUT2D eigenvalue weighted by Gasteiger charge is -2.15. The Morgan fingerprint density at radius 2 is 1.07 bits per heavy atom. The molecule has 0 saturated heterocycles. The van der Waals surface area contributed by atoms with Crippen LogP contribution in [0.2, 0.25) is 0 Å². The molecular formula is C35H22N4O. The number of nitrogens with zero attached hydrogens (tertiary/aromatic N) is 4. The zero-order chi connectivity index (χ0) is 26.6. The quantitative estimate of drug-likeness (QED) is 0.243. The van der Waals surface area contributed by atoms with E-state index in [0.29, 0.717) is 11.5 Å². The van der Waals surface area contributed by atoms with Crippen molar-refractivity contribution in [1.29, 1.82) is 0 Å². The van der Waals surface area contributed by atoms with E-state index in [9.17, 15) is 4.79 Å². The molecule has 0 bridgehead atoms. The van der Waals surface area contributed by atoms with Gasteiger partial charge in [0.05, 0.1) is 27.8 Å². The van der Waals surface area contributed by atoms with E-state index in [1.807, 2.05) is 103 Å². The second-order valence-electron chi connectivity index (χ2n) is 9.83. The molecule has 3 aromatic heterocycles. The summed E-state index contributed by atoms with van der Waals surface area (Å²) in [6.45, 7) is 0. The van der Waals surface area contributed by atoms with Crippen LogP contribution in [-0.4, -0.2) is 18.9 Å². The molecule has 0 spiro atoms. The van der Waals surface area contributed by atoms with E-state index in [2.05, 4.69) is 34.7 Å². The lowest BCUT2D eigenvalue weighted by Crippen LogP contribution is -2.23. The fraction of sp³-hybridized carbons (Fsp3) is 0. The molecule has 5 nitrogen and oxygen atoms in total. The van der Waals surface area contributed by atoms with Gasteiger partial charge >= 0.3 is 0 Å². The number of aromatic nitrogens is 4. The summed E-state index contributed by atoms with van der Waals surface area (Å²) in [4.78, 5) is 24.8. The van der Waals surface area contributed by atoms with Crippen LogP contribution in [0.15, 0.2) is 138 Å². The number of rotatable bonds is 3. The fourth-order valence-electron chi connectivity index (χ4n) is 5.83. The van der Waals surface area contributed by atoms with Crippen LogP contribution in [0, 0.1) is 0 Å². The van der Waals surface area contributed by atoms with Crippen molar-refractivity contribution in [2.75, 3.05) is 0 Å². The van der Waals surface area contributed by atoms with Crippen molar-refractivity contribution in [2.45, 2.75) is 0 Å². The number of fused-ring (bicyclic) bond motifs is 6. The molecule has 5 aromatic carbocycles. The molecule has 0 atom stereocenters. The minimum absolute atomic E-state index is 0.164. The number of para-hydroxylation sites is 4. The first kappa shape index (κ1) is 22.4. The molecule has 0 unspecified atom stereocenters. The maximum absolute atomic E-state index is 14.8. The van der Waals surface area contributed by atoms with E-state index in [1.165, 1.54) is 0 Å². The van der Waals surface area contributed by atoms with Crippen LogP contribution in [0.5, 0.6) is 0 Å². The summed E-state index contributed by atoms with van der Waals surface area (Å²) >= 11 is 0. The molecule has 3 heterocycles. The number of hydrogen-bond donors (Lipinski definition) is 0. The van der Waals surface area contributed by atoms with E-state index in [0.717, 1.165) is 55.2 Å². The Morgan fingerprint density at radius 1 is 0.500 bits per heavy atom. The summed E-state index contributed by atoms with van der Waals surface area (Å²) in [6.07, 6.45) is 0. The van der Waals surface area contributed by atoms with Gasteiger partial charge in [-0.15, -0.1) is 0 Å². The first-order chi connectivity index (χ1) is 19.8. The van der Waals surface area contributed by atoms with Gasteiger partial charge in [0.25, 0.3) is 5.56 Å². The van der Waals surface area contributed by atoms with Crippen LogP contribution in [0.1, 0.15) is 0 Å². The van der Waals surface area contributed by atoms with Crippen molar-refractivity contribution in [2.24, 2.45) is 0 Å². The SMILES string of the molecule is O=c1c2c(-c3ccccc3)c3ccccc3n2c2ccccc2n1-c1nc(-c2ccccc2)c2ccccc2n1. The van der Waals surface area contributed by atoms with Crippen molar-refractivity contribution in [3.05, 3.63) is 144 Å². The molecule has 0 aliphatic heterocycles. The molecule has 0 N–H and O–H groups in total. The third-order valence-corrected chi connectivity index (χ3v) is 7.55. The predicted octanol–water partition coefficient (Wildman–Crippen LogP) is 7.67. The van der Waals surface area contributed by atoms with Crippen molar-refractivity contribution < 1.29 is 0 Å². The summed E-state index contributed by atoms with van der Waals surface area (Å²) in [6, 6.07) is 44.3. The molecule has 0 fully saturated rings. The molecule has 5 heteroatoms. The molecular weight excluding hydrogens is 492 g/mol. The Balaban J connectivity index is 1.57. The van der Waals surface area contributed by atoms with Gasteiger partial charge in [0.2, 0.25) is 5.95 Å². The molecule has 0 radical (unpaired) electrons. The summed E-state index contributed by atoms with van der Waals surface area (Å²) in [5.41, 5.74) is 7.52. The summed E-state index contributed by atoms with van der Waals surface area (Å²) in [5, 5.41) is 1.97. The summed E-state index contributed by atoms with van der Waals surface area (Å²) in [5.74, 6) is 0.352. The van der Waals surface area contributed by atoms with Gasteiger partial charge in [-0.2, -0.15) is 0 Å². The van der Waals surface area contributed by atoms with E-state index in [1.54, 1.807) is 4.57 Å². The number of benzene rings is 5. The normalized spacial score (nSPS) is 11.6. The van der Waals surface area contributed by atoms with Gasteiger partial charge in [-0.25, -0.2) is 14.5 Å². The molecule has 40 heavy (non-hydrogen) atoms. The van der Waals surface area contributed by atoms with Crippen LogP contribution in [-0.2, 0) is 0 Å². The Kier molecular flexibility index (Phi) is 4.91. The first-order valence-corrected chi connectivity index (χ1v) is 13.2. The Hall–Kier alpha value is -5.55. The van der Waals surface area contributed by atoms with Crippen LogP contribution < -0.4 is 5.56 Å². The highest BCUT2D eigenvalue weighted by Crippen LogP contribution is 2.36. The van der Waals surface area contributed by atoms with Gasteiger partial charge < -0.3 is 4.40 Å². The van der Waals surface area contributed by atoms with Gasteiger partial charge in [-0.05, 0) is 29.8 Å².